The predicted octanol–water partition coefficient (Wildman–Crippen LogP) is 3.96. The maximum Gasteiger partial charge on any atom is 0.269 e. The van der Waals surface area contributed by atoms with Gasteiger partial charge < -0.3 is 10.2 Å². The Labute approximate surface area is 204 Å². The zero-order chi connectivity index (χ0) is 23.3. The number of nitrogens with one attached hydrogen (secondary N) is 1. The van der Waals surface area contributed by atoms with E-state index in [2.05, 4.69) is 63.3 Å². The molecule has 1 amide bonds. The summed E-state index contributed by atoms with van der Waals surface area (Å²) < 4.78 is 0. The highest BCUT2D eigenvalue weighted by molar-refractivity contribution is 5.92. The van der Waals surface area contributed by atoms with Gasteiger partial charge in [0.25, 0.3) is 5.91 Å². The van der Waals surface area contributed by atoms with Crippen LogP contribution in [0.1, 0.15) is 61.1 Å². The number of likely N-dealkylation sites (tertiary alicyclic amines) is 1. The van der Waals surface area contributed by atoms with E-state index in [-0.39, 0.29) is 5.91 Å². The third-order valence-electron chi connectivity index (χ3n) is 7.91. The number of carbonyl (C=O) groups excluding carboxylic acids is 1. The summed E-state index contributed by atoms with van der Waals surface area (Å²) in [7, 11) is 0. The molecular weight excluding hydrogens is 422 g/mol. The highest BCUT2D eigenvalue weighted by Gasteiger charge is 2.29. The van der Waals surface area contributed by atoms with Crippen LogP contribution < -0.4 is 10.2 Å². The van der Waals surface area contributed by atoms with Crippen molar-refractivity contribution in [2.45, 2.75) is 51.1 Å². The van der Waals surface area contributed by atoms with Gasteiger partial charge in [-0.3, -0.25) is 14.6 Å². The summed E-state index contributed by atoms with van der Waals surface area (Å²) >= 11 is 0. The largest absolute Gasteiger partial charge is 0.355 e. The van der Waals surface area contributed by atoms with Crippen molar-refractivity contribution in [2.24, 2.45) is 5.92 Å². The van der Waals surface area contributed by atoms with Gasteiger partial charge in [0.05, 0.1) is 0 Å². The molecule has 3 heterocycles. The predicted molar refractivity (Wildman–Crippen MR) is 137 cm³/mol. The van der Waals surface area contributed by atoms with Crippen LogP contribution in [-0.2, 0) is 0 Å². The Morgan fingerprint density at radius 1 is 0.941 bits per heavy atom. The SMILES string of the molecule is C[C@H](c1ccccc1)N1CCC(N2CCCN(c3cccc(C(=O)NCC4CC4)n3)CC2)CC1. The van der Waals surface area contributed by atoms with E-state index in [0.29, 0.717) is 23.7 Å². The van der Waals surface area contributed by atoms with Crippen LogP contribution in [0.15, 0.2) is 48.5 Å². The molecule has 0 radical (unpaired) electrons. The van der Waals surface area contributed by atoms with Gasteiger partial charge in [0, 0.05) is 57.9 Å². The van der Waals surface area contributed by atoms with Crippen molar-refractivity contribution in [3.63, 3.8) is 0 Å². The molecule has 3 fully saturated rings. The van der Waals surface area contributed by atoms with Crippen LogP contribution in [0.5, 0.6) is 0 Å². The maximum absolute atomic E-state index is 12.5. The third kappa shape index (κ3) is 5.78. The van der Waals surface area contributed by atoms with Crippen LogP contribution in [0.2, 0.25) is 0 Å². The molecule has 1 aromatic heterocycles. The molecule has 6 heteroatoms. The minimum atomic E-state index is -0.0401. The van der Waals surface area contributed by atoms with Gasteiger partial charge in [-0.2, -0.15) is 0 Å². The molecule has 1 atom stereocenters. The summed E-state index contributed by atoms with van der Waals surface area (Å²) in [6.07, 6.45) is 6.10. The van der Waals surface area contributed by atoms with Crippen molar-refractivity contribution in [1.29, 1.82) is 0 Å². The Morgan fingerprint density at radius 3 is 2.50 bits per heavy atom. The van der Waals surface area contributed by atoms with Crippen molar-refractivity contribution in [3.05, 3.63) is 59.8 Å². The molecule has 6 nitrogen and oxygen atoms in total. The molecule has 1 saturated carbocycles. The minimum absolute atomic E-state index is 0.0401. The van der Waals surface area contributed by atoms with Gasteiger partial charge in [0.1, 0.15) is 11.5 Å². The van der Waals surface area contributed by atoms with Gasteiger partial charge in [0.2, 0.25) is 0 Å². The van der Waals surface area contributed by atoms with E-state index in [1.54, 1.807) is 0 Å². The smallest absolute Gasteiger partial charge is 0.269 e. The Hall–Kier alpha value is -2.44. The van der Waals surface area contributed by atoms with E-state index < -0.39 is 0 Å². The van der Waals surface area contributed by atoms with Crippen LogP contribution in [0.3, 0.4) is 0 Å². The molecular formula is C28H39N5O. The summed E-state index contributed by atoms with van der Waals surface area (Å²) in [5.41, 5.74) is 1.96. The zero-order valence-corrected chi connectivity index (χ0v) is 20.5. The molecule has 1 aliphatic carbocycles. The lowest BCUT2D eigenvalue weighted by atomic mass is 9.99. The highest BCUT2D eigenvalue weighted by atomic mass is 16.1. The third-order valence-corrected chi connectivity index (χ3v) is 7.91. The Kier molecular flexibility index (Phi) is 7.45. The Balaban J connectivity index is 1.13. The van der Waals surface area contributed by atoms with Gasteiger partial charge >= 0.3 is 0 Å². The lowest BCUT2D eigenvalue weighted by Crippen LogP contribution is -2.46. The second-order valence-corrected chi connectivity index (χ2v) is 10.3. The number of carbonyl (C=O) groups is 1. The first kappa shape index (κ1) is 23.3. The molecule has 2 saturated heterocycles. The molecule has 3 aliphatic rings. The van der Waals surface area contributed by atoms with E-state index in [9.17, 15) is 4.79 Å². The molecule has 0 bridgehead atoms. The second kappa shape index (κ2) is 10.9. The van der Waals surface area contributed by atoms with Gasteiger partial charge in [0.15, 0.2) is 0 Å². The summed E-state index contributed by atoms with van der Waals surface area (Å²) in [5.74, 6) is 1.58. The van der Waals surface area contributed by atoms with E-state index in [4.69, 9.17) is 4.98 Å². The van der Waals surface area contributed by atoms with Crippen molar-refractivity contribution in [1.82, 2.24) is 20.1 Å². The number of piperidine rings is 1. The Bertz CT molecular complexity index is 939. The monoisotopic (exact) mass is 461 g/mol. The van der Waals surface area contributed by atoms with Gasteiger partial charge in [-0.25, -0.2) is 4.98 Å². The Morgan fingerprint density at radius 2 is 1.74 bits per heavy atom. The van der Waals surface area contributed by atoms with Gasteiger partial charge in [-0.05, 0) is 62.6 Å². The first-order chi connectivity index (χ1) is 16.7. The first-order valence-corrected chi connectivity index (χ1v) is 13.2. The fourth-order valence-corrected chi connectivity index (χ4v) is 5.49. The number of hydrogen-bond donors (Lipinski definition) is 1. The highest BCUT2D eigenvalue weighted by Crippen LogP contribution is 2.28. The number of benzene rings is 1. The molecule has 2 aliphatic heterocycles. The van der Waals surface area contributed by atoms with E-state index in [1.807, 2.05) is 12.1 Å². The van der Waals surface area contributed by atoms with Crippen molar-refractivity contribution in [2.75, 3.05) is 50.7 Å². The molecule has 34 heavy (non-hydrogen) atoms. The molecule has 5 rings (SSSR count). The number of anilines is 1. The summed E-state index contributed by atoms with van der Waals surface area (Å²) in [6, 6.07) is 17.9. The summed E-state index contributed by atoms with van der Waals surface area (Å²) in [6.45, 7) is 9.65. The molecule has 2 aromatic rings. The lowest BCUT2D eigenvalue weighted by Gasteiger charge is -2.40. The number of rotatable bonds is 7. The van der Waals surface area contributed by atoms with Gasteiger partial charge in [-0.15, -0.1) is 0 Å². The van der Waals surface area contributed by atoms with E-state index in [0.717, 1.165) is 45.0 Å². The summed E-state index contributed by atoms with van der Waals surface area (Å²) in [5, 5.41) is 3.04. The number of aromatic nitrogens is 1. The standard InChI is InChI=1S/C28H39N5O/c1-22(24-7-3-2-4-8-24)31-17-13-25(14-18-31)32-15-6-16-33(20-19-32)27-10-5-9-26(30-27)28(34)29-21-23-11-12-23/h2-5,7-10,22-23,25H,6,11-21H2,1H3,(H,29,34)/t22-/m1/s1. The normalized spacial score (nSPS) is 21.7. The second-order valence-electron chi connectivity index (χ2n) is 10.3. The molecule has 182 valence electrons. The van der Waals surface area contributed by atoms with Crippen LogP contribution >= 0.6 is 0 Å². The van der Waals surface area contributed by atoms with Crippen LogP contribution in [0, 0.1) is 5.92 Å². The quantitative estimate of drug-likeness (QED) is 0.677. The number of pyridine rings is 1. The average molecular weight is 462 g/mol. The summed E-state index contributed by atoms with van der Waals surface area (Å²) in [4.78, 5) is 24.9. The molecule has 0 spiro atoms. The fraction of sp³-hybridized carbons (Fsp3) is 0.571. The van der Waals surface area contributed by atoms with Crippen molar-refractivity contribution < 1.29 is 4.79 Å². The van der Waals surface area contributed by atoms with Crippen LogP contribution in [0.4, 0.5) is 5.82 Å². The zero-order valence-electron chi connectivity index (χ0n) is 20.5. The van der Waals surface area contributed by atoms with Crippen molar-refractivity contribution >= 4 is 11.7 Å². The topological polar surface area (TPSA) is 51.7 Å². The number of amides is 1. The molecule has 1 N–H and O–H groups in total. The number of nitrogens with zero attached hydrogens (tertiary/aromatic N) is 4. The van der Waals surface area contributed by atoms with Crippen molar-refractivity contribution in [3.8, 4) is 0 Å². The molecule has 0 unspecified atom stereocenters. The van der Waals surface area contributed by atoms with E-state index in [1.165, 1.54) is 44.3 Å². The maximum atomic E-state index is 12.5. The molecule has 1 aromatic carbocycles. The minimum Gasteiger partial charge on any atom is -0.355 e. The first-order valence-electron chi connectivity index (χ1n) is 13.2. The van der Waals surface area contributed by atoms with E-state index >= 15 is 0 Å². The average Bonchev–Trinajstić information content (AvgIpc) is 3.75. The fourth-order valence-electron chi connectivity index (χ4n) is 5.49. The lowest BCUT2D eigenvalue weighted by molar-refractivity contribution is 0.0917. The van der Waals surface area contributed by atoms with Gasteiger partial charge in [-0.1, -0.05) is 36.4 Å². The number of hydrogen-bond acceptors (Lipinski definition) is 5. The van der Waals surface area contributed by atoms with Crippen LogP contribution in [0.25, 0.3) is 0 Å². The van der Waals surface area contributed by atoms with Crippen LogP contribution in [-0.4, -0.2) is 72.5 Å².